The molecule has 1 aliphatic rings. The van der Waals surface area contributed by atoms with Crippen LogP contribution in [0.3, 0.4) is 0 Å². The van der Waals surface area contributed by atoms with E-state index in [2.05, 4.69) is 47.9 Å². The zero-order chi connectivity index (χ0) is 66.9. The number of carboxylic acids is 2. The van der Waals surface area contributed by atoms with Crippen molar-refractivity contribution in [3.8, 4) is 5.75 Å². The standard InChI is InChI=1S/C62H87N11O17/c1-33(2)25-42(66-53(80)41(63)27-37-15-10-8-11-16-37)55(82)67-43(28-38-17-12-9-13-18-38)56(83)68-45(30-50(78)79)54(81)64-31-49(77)65-47(32-74)61(88)73-24-14-19-48(73)58(85)72-52(36(7)75)60(87)69-44(29-39-20-22-40(76)23-21-39)57(84)71-51(35(5)6)59(86)70-46(62(89)90)26-34(3)4/h8-13,15-18,20-23,33-36,41-48,51-52,74-76H,14,19,24-32,63H2,1-7H3,(H,64,81)(H,65,77)(H,66,80)(H,67,82)(H,68,83)(H,69,87)(H,70,86)(H,71,84)(H,72,85)(H,78,79)(H,89,90)/t36-,41+,42+,43+,44+,45+,46+,47+,48+,51+,52+/m1/s1. The summed E-state index contributed by atoms with van der Waals surface area (Å²) in [5.41, 5.74) is 7.98. The van der Waals surface area contributed by atoms with Crippen LogP contribution in [0.1, 0.15) is 97.3 Å². The predicted octanol–water partition coefficient (Wildman–Crippen LogP) is -1.59. The Balaban J connectivity index is 1.44. The van der Waals surface area contributed by atoms with Crippen LogP contribution in [0, 0.1) is 17.8 Å². The normalized spacial score (nSPS) is 16.3. The molecule has 492 valence electrons. The number of aromatic hydroxyl groups is 1. The third-order valence-electron chi connectivity index (χ3n) is 14.6. The zero-order valence-corrected chi connectivity index (χ0v) is 51.6. The quantitative estimate of drug-likeness (QED) is 0.0316. The van der Waals surface area contributed by atoms with E-state index in [9.17, 15) is 83.1 Å². The third-order valence-corrected chi connectivity index (χ3v) is 14.6. The summed E-state index contributed by atoms with van der Waals surface area (Å²) in [7, 11) is 0. The summed E-state index contributed by atoms with van der Waals surface area (Å²) in [5.74, 6) is -13.2. The molecule has 4 rings (SSSR count). The van der Waals surface area contributed by atoms with Crippen LogP contribution in [0.2, 0.25) is 0 Å². The molecule has 1 fully saturated rings. The highest BCUT2D eigenvalue weighted by Crippen LogP contribution is 2.20. The number of carbonyl (C=O) groups is 12. The van der Waals surface area contributed by atoms with Crippen molar-refractivity contribution in [3.05, 3.63) is 102 Å². The van der Waals surface area contributed by atoms with Crippen LogP contribution >= 0.6 is 0 Å². The Morgan fingerprint density at radius 2 is 1.01 bits per heavy atom. The first-order valence-corrected chi connectivity index (χ1v) is 29.8. The molecule has 3 aromatic carbocycles. The van der Waals surface area contributed by atoms with Crippen LogP contribution in [0.25, 0.3) is 0 Å². The predicted molar refractivity (Wildman–Crippen MR) is 326 cm³/mol. The van der Waals surface area contributed by atoms with Crippen LogP contribution in [0.4, 0.5) is 0 Å². The van der Waals surface area contributed by atoms with Crippen LogP contribution in [0.15, 0.2) is 84.9 Å². The van der Waals surface area contributed by atoms with Gasteiger partial charge in [0.1, 0.15) is 60.1 Å². The molecule has 16 N–H and O–H groups in total. The monoisotopic (exact) mass is 1260 g/mol. The molecule has 11 atom stereocenters. The van der Waals surface area contributed by atoms with Crippen molar-refractivity contribution < 1.29 is 83.1 Å². The molecule has 0 saturated carbocycles. The zero-order valence-electron chi connectivity index (χ0n) is 51.6. The molecule has 1 heterocycles. The Morgan fingerprint density at radius 1 is 0.533 bits per heavy atom. The number of nitrogens with zero attached hydrogens (tertiary/aromatic N) is 1. The van der Waals surface area contributed by atoms with Crippen molar-refractivity contribution in [1.82, 2.24) is 52.8 Å². The minimum absolute atomic E-state index is 0.00384. The van der Waals surface area contributed by atoms with Gasteiger partial charge >= 0.3 is 11.9 Å². The Bertz CT molecular complexity index is 2950. The van der Waals surface area contributed by atoms with Gasteiger partial charge in [-0.3, -0.25) is 52.7 Å². The maximum atomic E-state index is 14.1. The smallest absolute Gasteiger partial charge is 0.326 e. The summed E-state index contributed by atoms with van der Waals surface area (Å²) in [5, 5.41) is 72.8. The van der Waals surface area contributed by atoms with Gasteiger partial charge in [-0.25, -0.2) is 4.79 Å². The van der Waals surface area contributed by atoms with Gasteiger partial charge in [-0.1, -0.05) is 114 Å². The molecule has 1 saturated heterocycles. The number of phenolic OH excluding ortho intramolecular Hbond substituents is 1. The summed E-state index contributed by atoms with van der Waals surface area (Å²) < 4.78 is 0. The SMILES string of the molecule is CC(C)C[C@H](NC(=O)[C@@H](NC(=O)[C@H](Cc1ccc(O)cc1)NC(=O)[C@@H](NC(=O)[C@@H]1CCCN1C(=O)[C@H](CO)NC(=O)CNC(=O)[C@H](CC(=O)O)NC(=O)[C@H](Cc1ccccc1)NC(=O)[C@H](CC(C)C)NC(=O)[C@@H](N)Cc1ccccc1)[C@@H](C)O)C(C)C)C(=O)O. The number of carbonyl (C=O) groups excluding carboxylic acids is 10. The Morgan fingerprint density at radius 3 is 1.53 bits per heavy atom. The van der Waals surface area contributed by atoms with Gasteiger partial charge in [-0.05, 0) is 85.6 Å². The van der Waals surface area contributed by atoms with E-state index in [0.29, 0.717) is 11.1 Å². The number of carboxylic acid groups (broad SMARTS) is 2. The van der Waals surface area contributed by atoms with Gasteiger partial charge in [0, 0.05) is 19.4 Å². The van der Waals surface area contributed by atoms with E-state index >= 15 is 0 Å². The van der Waals surface area contributed by atoms with Crippen LogP contribution < -0.4 is 53.6 Å². The van der Waals surface area contributed by atoms with Crippen molar-refractivity contribution in [2.45, 2.75) is 166 Å². The number of aliphatic hydroxyl groups excluding tert-OH is 2. The van der Waals surface area contributed by atoms with E-state index in [0.717, 1.165) is 10.5 Å². The lowest BCUT2D eigenvalue weighted by Crippen LogP contribution is -2.62. The molecule has 10 amide bonds. The highest BCUT2D eigenvalue weighted by Gasteiger charge is 2.41. The second kappa shape index (κ2) is 35.8. The van der Waals surface area contributed by atoms with Gasteiger partial charge in [0.15, 0.2) is 0 Å². The average molecular weight is 1260 g/mol. The number of likely N-dealkylation sites (tertiary alicyclic amines) is 1. The van der Waals surface area contributed by atoms with Crippen LogP contribution in [-0.2, 0) is 76.8 Å². The summed E-state index contributed by atoms with van der Waals surface area (Å²) in [6, 6.07) is 8.52. The Labute approximate surface area is 522 Å². The second-order valence-corrected chi connectivity index (χ2v) is 23.5. The Kier molecular flexibility index (Phi) is 29.3. The lowest BCUT2D eigenvalue weighted by Gasteiger charge is -2.31. The van der Waals surface area contributed by atoms with E-state index in [1.54, 1.807) is 82.3 Å². The van der Waals surface area contributed by atoms with Crippen molar-refractivity contribution in [1.29, 1.82) is 0 Å². The summed E-state index contributed by atoms with van der Waals surface area (Å²) in [6.45, 7) is 9.49. The molecule has 0 aliphatic carbocycles. The topological polar surface area (TPSA) is 444 Å². The molecule has 90 heavy (non-hydrogen) atoms. The fourth-order valence-corrected chi connectivity index (χ4v) is 9.89. The highest BCUT2D eigenvalue weighted by atomic mass is 16.4. The lowest BCUT2D eigenvalue weighted by atomic mass is 9.99. The molecular weight excluding hydrogens is 1170 g/mol. The first-order valence-electron chi connectivity index (χ1n) is 29.8. The molecule has 28 heteroatoms. The molecule has 0 spiro atoms. The fraction of sp³-hybridized carbons (Fsp3) is 0.516. The Hall–Kier alpha value is -9.02. The molecule has 0 bridgehead atoms. The van der Waals surface area contributed by atoms with Gasteiger partial charge in [0.2, 0.25) is 59.1 Å². The van der Waals surface area contributed by atoms with Gasteiger partial charge in [0.25, 0.3) is 0 Å². The van der Waals surface area contributed by atoms with Gasteiger partial charge in [0.05, 0.1) is 31.7 Å². The summed E-state index contributed by atoms with van der Waals surface area (Å²) in [4.78, 5) is 163. The van der Waals surface area contributed by atoms with Gasteiger partial charge in [-0.15, -0.1) is 0 Å². The van der Waals surface area contributed by atoms with Crippen molar-refractivity contribution in [3.63, 3.8) is 0 Å². The maximum Gasteiger partial charge on any atom is 0.326 e. The maximum absolute atomic E-state index is 14.1. The first kappa shape index (κ1) is 73.4. The van der Waals surface area contributed by atoms with Gasteiger partial charge < -0.3 is 84.0 Å². The third kappa shape index (κ3) is 23.8. The number of aliphatic carboxylic acids is 2. The molecule has 28 nitrogen and oxygen atoms in total. The number of hydrogen-bond acceptors (Lipinski definition) is 16. The van der Waals surface area contributed by atoms with E-state index in [1.165, 1.54) is 31.2 Å². The number of hydrogen-bond donors (Lipinski definition) is 15. The number of benzene rings is 3. The molecule has 0 unspecified atom stereocenters. The number of phenols is 1. The minimum atomic E-state index is -1.85. The first-order chi connectivity index (χ1) is 42.5. The average Bonchev–Trinajstić information content (AvgIpc) is 1.76. The summed E-state index contributed by atoms with van der Waals surface area (Å²) >= 11 is 0. The van der Waals surface area contributed by atoms with E-state index in [-0.39, 0.29) is 69.1 Å². The van der Waals surface area contributed by atoms with E-state index in [4.69, 9.17) is 5.73 Å². The van der Waals surface area contributed by atoms with Crippen molar-refractivity contribution in [2.24, 2.45) is 23.5 Å². The van der Waals surface area contributed by atoms with Crippen molar-refractivity contribution in [2.75, 3.05) is 19.7 Å². The number of amides is 10. The number of nitrogens with two attached hydrogens (primary N) is 1. The van der Waals surface area contributed by atoms with Crippen molar-refractivity contribution >= 4 is 71.0 Å². The number of rotatable bonds is 35. The van der Waals surface area contributed by atoms with E-state index < -0.39 is 163 Å². The van der Waals surface area contributed by atoms with Crippen LogP contribution in [0.5, 0.6) is 5.75 Å². The highest BCUT2D eigenvalue weighted by molar-refractivity contribution is 5.99. The largest absolute Gasteiger partial charge is 0.508 e. The number of nitrogens with one attached hydrogen (secondary N) is 9. The lowest BCUT2D eigenvalue weighted by molar-refractivity contribution is -0.144. The minimum Gasteiger partial charge on any atom is -0.508 e. The van der Waals surface area contributed by atoms with E-state index in [1.807, 2.05) is 19.9 Å². The summed E-state index contributed by atoms with van der Waals surface area (Å²) in [6.07, 6.45) is -2.43. The molecule has 1 aliphatic heterocycles. The fourth-order valence-electron chi connectivity index (χ4n) is 9.89. The molecular formula is C62H87N11O17. The second-order valence-electron chi connectivity index (χ2n) is 23.5. The number of aliphatic hydroxyl groups is 2. The van der Waals surface area contributed by atoms with Gasteiger partial charge in [-0.2, -0.15) is 0 Å². The molecule has 3 aromatic rings. The molecule has 0 aromatic heterocycles. The van der Waals surface area contributed by atoms with Crippen LogP contribution in [-0.4, -0.2) is 188 Å². The molecule has 0 radical (unpaired) electrons.